The molecule has 0 N–H and O–H groups in total. The highest BCUT2D eigenvalue weighted by Gasteiger charge is 2.40. The number of rotatable bonds is 4. The van der Waals surface area contributed by atoms with Crippen LogP contribution in [0.2, 0.25) is 0 Å². The van der Waals surface area contributed by atoms with Crippen molar-refractivity contribution in [3.63, 3.8) is 0 Å². The average molecular weight is 473 g/mol. The molecule has 29 heavy (non-hydrogen) atoms. The minimum atomic E-state index is -5.01. The SMILES string of the molecule is CCOC(=O)Oc1ccc2c(=O)c(Oc3ccccc3Br)c(C(F)(F)F)oc2c1. The van der Waals surface area contributed by atoms with Gasteiger partial charge in [-0.15, -0.1) is 0 Å². The molecule has 0 saturated heterocycles. The van der Waals surface area contributed by atoms with Gasteiger partial charge in [0.1, 0.15) is 17.1 Å². The Morgan fingerprint density at radius 3 is 2.55 bits per heavy atom. The lowest BCUT2D eigenvalue weighted by atomic mass is 10.2. The monoisotopic (exact) mass is 472 g/mol. The predicted octanol–water partition coefficient (Wildman–Crippen LogP) is 5.90. The van der Waals surface area contributed by atoms with E-state index in [0.29, 0.717) is 4.47 Å². The van der Waals surface area contributed by atoms with Crippen molar-refractivity contribution in [2.75, 3.05) is 6.61 Å². The molecule has 0 radical (unpaired) electrons. The van der Waals surface area contributed by atoms with Crippen LogP contribution < -0.4 is 14.9 Å². The van der Waals surface area contributed by atoms with E-state index in [1.54, 1.807) is 19.1 Å². The number of ether oxygens (including phenoxy) is 3. The van der Waals surface area contributed by atoms with Crippen molar-refractivity contribution in [1.82, 2.24) is 0 Å². The molecule has 6 nitrogen and oxygen atoms in total. The van der Waals surface area contributed by atoms with Gasteiger partial charge in [-0.1, -0.05) is 12.1 Å². The Morgan fingerprint density at radius 1 is 1.17 bits per heavy atom. The smallest absolute Gasteiger partial charge is 0.448 e. The highest BCUT2D eigenvalue weighted by atomic mass is 79.9. The maximum absolute atomic E-state index is 13.5. The normalized spacial score (nSPS) is 11.3. The van der Waals surface area contributed by atoms with E-state index in [-0.39, 0.29) is 23.5 Å². The van der Waals surface area contributed by atoms with Crippen molar-refractivity contribution in [3.8, 4) is 17.2 Å². The fourth-order valence-electron chi connectivity index (χ4n) is 2.38. The van der Waals surface area contributed by atoms with Gasteiger partial charge in [-0.05, 0) is 47.1 Å². The molecule has 0 atom stereocenters. The summed E-state index contributed by atoms with van der Waals surface area (Å²) in [5.74, 6) is -2.76. The third-order valence-corrected chi connectivity index (χ3v) is 4.25. The maximum Gasteiger partial charge on any atom is 0.513 e. The summed E-state index contributed by atoms with van der Waals surface area (Å²) in [6.07, 6.45) is -6.05. The van der Waals surface area contributed by atoms with Crippen molar-refractivity contribution in [2.24, 2.45) is 0 Å². The molecular weight excluding hydrogens is 461 g/mol. The van der Waals surface area contributed by atoms with E-state index in [0.717, 1.165) is 6.07 Å². The summed E-state index contributed by atoms with van der Waals surface area (Å²) in [5.41, 5.74) is -1.46. The number of carbonyl (C=O) groups is 1. The van der Waals surface area contributed by atoms with Gasteiger partial charge in [0.25, 0.3) is 5.76 Å². The van der Waals surface area contributed by atoms with Gasteiger partial charge in [0.2, 0.25) is 11.2 Å². The van der Waals surface area contributed by atoms with E-state index in [9.17, 15) is 22.8 Å². The number of hydrogen-bond acceptors (Lipinski definition) is 6. The highest BCUT2D eigenvalue weighted by Crippen LogP contribution is 2.39. The van der Waals surface area contributed by atoms with E-state index in [2.05, 4.69) is 20.7 Å². The first kappa shape index (κ1) is 20.7. The molecule has 0 aliphatic rings. The first-order valence-corrected chi connectivity index (χ1v) is 8.95. The van der Waals surface area contributed by atoms with Crippen LogP contribution in [0.25, 0.3) is 11.0 Å². The number of hydrogen-bond donors (Lipinski definition) is 0. The maximum atomic E-state index is 13.5. The summed E-state index contributed by atoms with van der Waals surface area (Å²) in [5, 5.41) is -0.184. The number of fused-ring (bicyclic) bond motifs is 1. The number of para-hydroxylation sites is 1. The van der Waals surface area contributed by atoms with Gasteiger partial charge in [0.05, 0.1) is 16.5 Å². The third kappa shape index (κ3) is 4.53. The van der Waals surface area contributed by atoms with Gasteiger partial charge in [0.15, 0.2) is 0 Å². The van der Waals surface area contributed by atoms with Crippen LogP contribution in [-0.2, 0) is 10.9 Å². The lowest BCUT2D eigenvalue weighted by molar-refractivity contribution is -0.154. The number of halogens is 4. The van der Waals surface area contributed by atoms with Gasteiger partial charge in [-0.25, -0.2) is 4.79 Å². The minimum absolute atomic E-state index is 0.00640. The molecule has 152 valence electrons. The Morgan fingerprint density at radius 2 is 1.90 bits per heavy atom. The largest absolute Gasteiger partial charge is 0.513 e. The van der Waals surface area contributed by atoms with Crippen LogP contribution in [0.5, 0.6) is 17.2 Å². The molecule has 0 bridgehead atoms. The highest BCUT2D eigenvalue weighted by molar-refractivity contribution is 9.10. The molecule has 3 aromatic rings. The molecule has 0 aliphatic carbocycles. The van der Waals surface area contributed by atoms with E-state index in [1.807, 2.05) is 0 Å². The Hall–Kier alpha value is -3.01. The van der Waals surface area contributed by atoms with Gasteiger partial charge in [0, 0.05) is 6.07 Å². The molecular formula is C19H12BrF3O6. The van der Waals surface area contributed by atoms with Gasteiger partial charge in [-0.3, -0.25) is 4.79 Å². The first-order chi connectivity index (χ1) is 13.7. The topological polar surface area (TPSA) is 75.0 Å². The zero-order valence-electron chi connectivity index (χ0n) is 14.7. The Bertz CT molecular complexity index is 1120. The molecule has 1 heterocycles. The van der Waals surface area contributed by atoms with E-state index >= 15 is 0 Å². The Kier molecular flexibility index (Phi) is 5.83. The second-order valence-corrected chi connectivity index (χ2v) is 6.42. The van der Waals surface area contributed by atoms with Crippen LogP contribution >= 0.6 is 15.9 Å². The number of alkyl halides is 3. The lowest BCUT2D eigenvalue weighted by Gasteiger charge is -2.14. The summed E-state index contributed by atoms with van der Waals surface area (Å²) in [7, 11) is 0. The molecule has 0 unspecified atom stereocenters. The molecule has 10 heteroatoms. The summed E-state index contributed by atoms with van der Waals surface area (Å²) >= 11 is 3.15. The summed E-state index contributed by atoms with van der Waals surface area (Å²) in [6.45, 7) is 1.61. The van der Waals surface area contributed by atoms with Crippen LogP contribution in [0.3, 0.4) is 0 Å². The summed E-state index contributed by atoms with van der Waals surface area (Å²) in [6, 6.07) is 9.50. The van der Waals surface area contributed by atoms with Crippen molar-refractivity contribution >= 4 is 33.1 Å². The second-order valence-electron chi connectivity index (χ2n) is 5.56. The fourth-order valence-corrected chi connectivity index (χ4v) is 2.75. The predicted molar refractivity (Wildman–Crippen MR) is 99.4 cm³/mol. The zero-order chi connectivity index (χ0) is 21.2. The Balaban J connectivity index is 2.14. The van der Waals surface area contributed by atoms with Crippen LogP contribution in [0.15, 0.2) is 56.1 Å². The summed E-state index contributed by atoms with van der Waals surface area (Å²) in [4.78, 5) is 24.1. The van der Waals surface area contributed by atoms with Gasteiger partial charge in [-0.2, -0.15) is 13.2 Å². The minimum Gasteiger partial charge on any atom is -0.448 e. The third-order valence-electron chi connectivity index (χ3n) is 3.59. The second kappa shape index (κ2) is 8.16. The number of carbonyl (C=O) groups excluding carboxylic acids is 1. The van der Waals surface area contributed by atoms with Crippen LogP contribution in [-0.4, -0.2) is 12.8 Å². The molecule has 3 rings (SSSR count). The van der Waals surface area contributed by atoms with Crippen LogP contribution in [0.1, 0.15) is 12.7 Å². The van der Waals surface area contributed by atoms with E-state index in [4.69, 9.17) is 13.9 Å². The fraction of sp³-hybridized carbons (Fsp3) is 0.158. The summed E-state index contributed by atoms with van der Waals surface area (Å²) < 4.78 is 60.6. The van der Waals surface area contributed by atoms with Crippen molar-refractivity contribution in [2.45, 2.75) is 13.1 Å². The van der Waals surface area contributed by atoms with Crippen LogP contribution in [0.4, 0.5) is 18.0 Å². The standard InChI is InChI=1S/C19H12BrF3O6/c1-2-26-18(25)27-10-7-8-11-14(9-10)29-17(19(21,22)23)16(15(11)24)28-13-6-4-3-5-12(13)20/h3-9H,2H2,1H3. The van der Waals surface area contributed by atoms with Gasteiger partial charge < -0.3 is 18.6 Å². The number of benzene rings is 2. The molecule has 0 spiro atoms. The molecule has 0 amide bonds. The van der Waals surface area contributed by atoms with Crippen molar-refractivity contribution in [1.29, 1.82) is 0 Å². The molecule has 1 aromatic heterocycles. The molecule has 0 aliphatic heterocycles. The van der Waals surface area contributed by atoms with E-state index < -0.39 is 34.9 Å². The van der Waals surface area contributed by atoms with Crippen molar-refractivity contribution in [3.05, 3.63) is 62.9 Å². The molecule has 0 fully saturated rings. The van der Waals surface area contributed by atoms with E-state index in [1.165, 1.54) is 24.3 Å². The zero-order valence-corrected chi connectivity index (χ0v) is 16.3. The first-order valence-electron chi connectivity index (χ1n) is 8.15. The van der Waals surface area contributed by atoms with Crippen LogP contribution in [0, 0.1) is 0 Å². The van der Waals surface area contributed by atoms with Crippen molar-refractivity contribution < 1.29 is 36.6 Å². The lowest BCUT2D eigenvalue weighted by Crippen LogP contribution is -2.16. The molecule has 0 saturated carbocycles. The molecule has 2 aromatic carbocycles. The quantitative estimate of drug-likeness (QED) is 0.347. The average Bonchev–Trinajstić information content (AvgIpc) is 2.64. The Labute approximate surface area is 169 Å². The van der Waals surface area contributed by atoms with Gasteiger partial charge >= 0.3 is 12.3 Å².